The number of hydrogen-bond acceptors (Lipinski definition) is 4. The zero-order chi connectivity index (χ0) is 17.0. The molecule has 1 heterocycles. The van der Waals surface area contributed by atoms with E-state index in [-0.39, 0.29) is 18.0 Å². The molecule has 0 aliphatic carbocycles. The van der Waals surface area contributed by atoms with Gasteiger partial charge in [0.25, 0.3) is 0 Å². The summed E-state index contributed by atoms with van der Waals surface area (Å²) in [5, 5.41) is 8.83. The van der Waals surface area contributed by atoms with Gasteiger partial charge in [-0.05, 0) is 45.0 Å². The minimum atomic E-state index is -0.611. The topological polar surface area (TPSA) is 72.1 Å². The largest absolute Gasteiger partial charge is 0.454 e. The Bertz CT molecular complexity index is 797. The van der Waals surface area contributed by atoms with Gasteiger partial charge in [0.1, 0.15) is 0 Å². The number of esters is 1. The van der Waals surface area contributed by atoms with Gasteiger partial charge in [-0.1, -0.05) is 6.07 Å². The Morgan fingerprint density at radius 2 is 2.00 bits per heavy atom. The van der Waals surface area contributed by atoms with Gasteiger partial charge in [-0.2, -0.15) is 5.26 Å². The van der Waals surface area contributed by atoms with Crippen molar-refractivity contribution in [2.45, 2.75) is 27.3 Å². The molecule has 0 N–H and O–H groups in total. The van der Waals surface area contributed by atoms with Gasteiger partial charge in [0, 0.05) is 23.5 Å². The molecule has 0 unspecified atom stereocenters. The number of benzene rings is 1. The monoisotopic (exact) mass is 310 g/mol. The molecule has 2 aromatic rings. The van der Waals surface area contributed by atoms with Gasteiger partial charge in [0.15, 0.2) is 6.61 Å². The number of carbonyl (C=O) groups is 2. The van der Waals surface area contributed by atoms with E-state index in [4.69, 9.17) is 10.00 Å². The third-order valence-corrected chi connectivity index (χ3v) is 3.75. The average Bonchev–Trinajstić information content (AvgIpc) is 2.86. The van der Waals surface area contributed by atoms with Gasteiger partial charge < -0.3 is 9.30 Å². The second-order valence-electron chi connectivity index (χ2n) is 5.22. The number of Topliss-reactive ketones (excluding diaryl/α,β-unsaturated/α-hetero) is 1. The van der Waals surface area contributed by atoms with Gasteiger partial charge in [-0.25, -0.2) is 4.79 Å². The number of aromatic nitrogens is 1. The molecular formula is C18H18N2O3. The third kappa shape index (κ3) is 3.49. The molecule has 0 spiro atoms. The van der Waals surface area contributed by atoms with Gasteiger partial charge in [0.05, 0.1) is 17.2 Å². The fourth-order valence-corrected chi connectivity index (χ4v) is 2.58. The molecule has 1 aromatic carbocycles. The van der Waals surface area contributed by atoms with Crippen molar-refractivity contribution in [3.63, 3.8) is 0 Å². The van der Waals surface area contributed by atoms with Crippen molar-refractivity contribution in [3.8, 4) is 6.07 Å². The molecule has 0 saturated heterocycles. The van der Waals surface area contributed by atoms with E-state index in [0.717, 1.165) is 17.9 Å². The van der Waals surface area contributed by atoms with Crippen molar-refractivity contribution in [2.75, 3.05) is 6.61 Å². The molecule has 5 heteroatoms. The highest BCUT2D eigenvalue weighted by molar-refractivity contribution is 6.00. The van der Waals surface area contributed by atoms with Crippen LogP contribution in [0.15, 0.2) is 30.3 Å². The highest BCUT2D eigenvalue weighted by Crippen LogP contribution is 2.16. The van der Waals surface area contributed by atoms with E-state index >= 15 is 0 Å². The molecule has 0 bridgehead atoms. The quantitative estimate of drug-likeness (QED) is 0.628. The van der Waals surface area contributed by atoms with Crippen LogP contribution in [-0.4, -0.2) is 22.9 Å². The van der Waals surface area contributed by atoms with Crippen LogP contribution in [0.4, 0.5) is 0 Å². The summed E-state index contributed by atoms with van der Waals surface area (Å²) in [6.07, 6.45) is 0. The maximum absolute atomic E-state index is 12.3. The highest BCUT2D eigenvalue weighted by atomic mass is 16.5. The Kier molecular flexibility index (Phi) is 4.97. The van der Waals surface area contributed by atoms with Crippen LogP contribution in [0.5, 0.6) is 0 Å². The lowest BCUT2D eigenvalue weighted by Gasteiger charge is -2.06. The van der Waals surface area contributed by atoms with E-state index in [9.17, 15) is 9.59 Å². The lowest BCUT2D eigenvalue weighted by Crippen LogP contribution is -2.15. The lowest BCUT2D eigenvalue weighted by atomic mass is 10.1. The van der Waals surface area contributed by atoms with E-state index in [1.54, 1.807) is 18.2 Å². The van der Waals surface area contributed by atoms with Crippen LogP contribution in [-0.2, 0) is 11.3 Å². The molecule has 0 fully saturated rings. The van der Waals surface area contributed by atoms with Gasteiger partial charge >= 0.3 is 5.97 Å². The molecule has 118 valence electrons. The number of nitriles is 1. The minimum absolute atomic E-state index is 0.234. The molecule has 0 radical (unpaired) electrons. The standard InChI is InChI=1S/C18H18N2O3/c1-4-20-12(2)8-16(13(20)3)17(21)11-23-18(22)15-7-5-6-14(9-15)10-19/h5-9H,4,11H2,1-3H3. The molecule has 0 aliphatic rings. The smallest absolute Gasteiger partial charge is 0.338 e. The van der Waals surface area contributed by atoms with E-state index < -0.39 is 5.97 Å². The predicted octanol–water partition coefficient (Wildman–Crippen LogP) is 3.04. The number of carbonyl (C=O) groups excluding carboxylic acids is 2. The molecular weight excluding hydrogens is 292 g/mol. The summed E-state index contributed by atoms with van der Waals surface area (Å²) < 4.78 is 7.11. The number of ketones is 1. The first kappa shape index (κ1) is 16.5. The Hall–Kier alpha value is -2.87. The Labute approximate surface area is 135 Å². The summed E-state index contributed by atoms with van der Waals surface area (Å²) >= 11 is 0. The van der Waals surface area contributed by atoms with Gasteiger partial charge in [-0.3, -0.25) is 4.79 Å². The summed E-state index contributed by atoms with van der Waals surface area (Å²) in [6, 6.07) is 9.96. The van der Waals surface area contributed by atoms with Gasteiger partial charge in [-0.15, -0.1) is 0 Å². The van der Waals surface area contributed by atoms with Crippen LogP contribution in [0.25, 0.3) is 0 Å². The number of nitrogens with zero attached hydrogens (tertiary/aromatic N) is 2. The van der Waals surface area contributed by atoms with Crippen molar-refractivity contribution in [3.05, 3.63) is 58.4 Å². The molecule has 23 heavy (non-hydrogen) atoms. The van der Waals surface area contributed by atoms with E-state index in [0.29, 0.717) is 11.1 Å². The van der Waals surface area contributed by atoms with Crippen LogP contribution in [0, 0.1) is 25.2 Å². The molecule has 2 rings (SSSR count). The summed E-state index contributed by atoms with van der Waals surface area (Å²) in [4.78, 5) is 24.2. The number of hydrogen-bond donors (Lipinski definition) is 0. The molecule has 0 amide bonds. The van der Waals surface area contributed by atoms with Crippen molar-refractivity contribution in [1.29, 1.82) is 5.26 Å². The van der Waals surface area contributed by atoms with Gasteiger partial charge in [0.2, 0.25) is 5.78 Å². The fourth-order valence-electron chi connectivity index (χ4n) is 2.58. The average molecular weight is 310 g/mol. The Morgan fingerprint density at radius 1 is 1.26 bits per heavy atom. The van der Waals surface area contributed by atoms with E-state index in [2.05, 4.69) is 0 Å². The second kappa shape index (κ2) is 6.93. The zero-order valence-corrected chi connectivity index (χ0v) is 13.4. The summed E-state index contributed by atoms with van der Waals surface area (Å²) in [6.45, 7) is 6.29. The first-order chi connectivity index (χ1) is 11.0. The summed E-state index contributed by atoms with van der Waals surface area (Å²) in [7, 11) is 0. The van der Waals surface area contributed by atoms with Crippen molar-refractivity contribution in [1.82, 2.24) is 4.57 Å². The van der Waals surface area contributed by atoms with Crippen LogP contribution in [0.3, 0.4) is 0 Å². The van der Waals surface area contributed by atoms with Crippen LogP contribution < -0.4 is 0 Å². The van der Waals surface area contributed by atoms with E-state index in [1.165, 1.54) is 6.07 Å². The summed E-state index contributed by atoms with van der Waals surface area (Å²) in [5.74, 6) is -0.845. The van der Waals surface area contributed by atoms with Crippen molar-refractivity contribution < 1.29 is 14.3 Å². The fraction of sp³-hybridized carbons (Fsp3) is 0.278. The molecule has 1 aromatic heterocycles. The normalized spacial score (nSPS) is 10.2. The maximum Gasteiger partial charge on any atom is 0.338 e. The molecule has 0 saturated carbocycles. The maximum atomic E-state index is 12.3. The van der Waals surface area contributed by atoms with Crippen LogP contribution >= 0.6 is 0 Å². The number of ether oxygens (including phenoxy) is 1. The zero-order valence-electron chi connectivity index (χ0n) is 13.4. The number of rotatable bonds is 5. The minimum Gasteiger partial charge on any atom is -0.454 e. The summed E-state index contributed by atoms with van der Waals surface area (Å²) in [5.41, 5.74) is 3.08. The lowest BCUT2D eigenvalue weighted by molar-refractivity contribution is 0.0474. The first-order valence-electron chi connectivity index (χ1n) is 7.35. The molecule has 0 aliphatic heterocycles. The number of aryl methyl sites for hydroxylation is 1. The highest BCUT2D eigenvalue weighted by Gasteiger charge is 2.17. The Morgan fingerprint density at radius 3 is 2.61 bits per heavy atom. The molecule has 0 atom stereocenters. The van der Waals surface area contributed by atoms with Crippen LogP contribution in [0.1, 0.15) is 44.6 Å². The molecule has 5 nitrogen and oxygen atoms in total. The van der Waals surface area contributed by atoms with Crippen LogP contribution in [0.2, 0.25) is 0 Å². The second-order valence-corrected chi connectivity index (χ2v) is 5.22. The van der Waals surface area contributed by atoms with Crippen molar-refractivity contribution in [2.24, 2.45) is 0 Å². The van der Waals surface area contributed by atoms with E-state index in [1.807, 2.05) is 37.5 Å². The predicted molar refractivity (Wildman–Crippen MR) is 85.4 cm³/mol. The first-order valence-corrected chi connectivity index (χ1v) is 7.35. The SMILES string of the molecule is CCn1c(C)cc(C(=O)COC(=O)c2cccc(C#N)c2)c1C. The third-order valence-electron chi connectivity index (χ3n) is 3.75. The Balaban J connectivity index is 2.07. The van der Waals surface area contributed by atoms with Crippen molar-refractivity contribution >= 4 is 11.8 Å².